The zero-order chi connectivity index (χ0) is 11.7. The summed E-state index contributed by atoms with van der Waals surface area (Å²) < 4.78 is 13.4. The first-order chi connectivity index (χ1) is 8.33. The molecule has 2 heteroatoms. The molecule has 0 amide bonds. The Kier molecular flexibility index (Phi) is 3.15. The van der Waals surface area contributed by atoms with Gasteiger partial charge in [-0.1, -0.05) is 6.07 Å². The lowest BCUT2D eigenvalue weighted by molar-refractivity contribution is 0.443. The molecular weight excluding hydrogens is 213 g/mol. The Morgan fingerprint density at radius 2 is 2.18 bits per heavy atom. The molecule has 1 aromatic carbocycles. The second-order valence-electron chi connectivity index (χ2n) is 5.46. The van der Waals surface area contributed by atoms with Gasteiger partial charge in [0.2, 0.25) is 0 Å². The van der Waals surface area contributed by atoms with E-state index in [-0.39, 0.29) is 5.82 Å². The molecule has 1 aromatic rings. The van der Waals surface area contributed by atoms with Gasteiger partial charge in [-0.15, -0.1) is 0 Å². The minimum Gasteiger partial charge on any atom is -0.314 e. The van der Waals surface area contributed by atoms with Crippen molar-refractivity contribution in [3.63, 3.8) is 0 Å². The van der Waals surface area contributed by atoms with Crippen molar-refractivity contribution < 1.29 is 4.39 Å². The smallest absolute Gasteiger partial charge is 0.123 e. The first-order valence-corrected chi connectivity index (χ1v) is 6.84. The maximum absolute atomic E-state index is 13.4. The maximum Gasteiger partial charge on any atom is 0.123 e. The van der Waals surface area contributed by atoms with Crippen molar-refractivity contribution in [2.75, 3.05) is 6.54 Å². The van der Waals surface area contributed by atoms with Gasteiger partial charge in [0.1, 0.15) is 5.82 Å². The lowest BCUT2D eigenvalue weighted by atomic mass is 9.79. The van der Waals surface area contributed by atoms with Crippen LogP contribution in [0.5, 0.6) is 0 Å². The standard InChI is InChI=1S/C15H20FN/c16-13-7-6-11-3-1-4-12(15(11)10-13)9-14-5-2-8-17-14/h6-7,10,12,14,17H,1-5,8-9H2. The number of rotatable bonds is 2. The Bertz CT molecular complexity index is 396. The number of hydrogen-bond donors (Lipinski definition) is 1. The highest BCUT2D eigenvalue weighted by Gasteiger charge is 2.25. The molecular formula is C15H20FN. The van der Waals surface area contributed by atoms with Gasteiger partial charge in [-0.05, 0) is 74.2 Å². The fourth-order valence-corrected chi connectivity index (χ4v) is 3.41. The van der Waals surface area contributed by atoms with Crippen LogP contribution in [0.4, 0.5) is 4.39 Å². The highest BCUT2D eigenvalue weighted by atomic mass is 19.1. The minimum absolute atomic E-state index is 0.0740. The van der Waals surface area contributed by atoms with Crippen LogP contribution in [0.3, 0.4) is 0 Å². The van der Waals surface area contributed by atoms with Gasteiger partial charge in [0.05, 0.1) is 0 Å². The lowest BCUT2D eigenvalue weighted by Gasteiger charge is -2.27. The topological polar surface area (TPSA) is 12.0 Å². The van der Waals surface area contributed by atoms with Crippen LogP contribution in [0.15, 0.2) is 18.2 Å². The Hall–Kier alpha value is -0.890. The number of hydrogen-bond acceptors (Lipinski definition) is 1. The van der Waals surface area contributed by atoms with Crippen LogP contribution in [0.25, 0.3) is 0 Å². The number of halogens is 1. The van der Waals surface area contributed by atoms with Gasteiger partial charge in [0.15, 0.2) is 0 Å². The number of benzene rings is 1. The molecule has 1 nitrogen and oxygen atoms in total. The molecule has 17 heavy (non-hydrogen) atoms. The van der Waals surface area contributed by atoms with E-state index in [1.54, 1.807) is 12.1 Å². The molecule has 1 fully saturated rings. The van der Waals surface area contributed by atoms with Gasteiger partial charge < -0.3 is 5.32 Å². The monoisotopic (exact) mass is 233 g/mol. The van der Waals surface area contributed by atoms with Crippen LogP contribution in [0, 0.1) is 5.82 Å². The highest BCUT2D eigenvalue weighted by molar-refractivity contribution is 5.33. The molecule has 1 aliphatic heterocycles. The molecule has 1 aliphatic carbocycles. The van der Waals surface area contributed by atoms with Gasteiger partial charge in [-0.3, -0.25) is 0 Å². The molecule has 0 saturated carbocycles. The van der Waals surface area contributed by atoms with E-state index in [4.69, 9.17) is 0 Å². The van der Waals surface area contributed by atoms with E-state index in [2.05, 4.69) is 5.32 Å². The molecule has 0 radical (unpaired) electrons. The quantitative estimate of drug-likeness (QED) is 0.825. The average Bonchev–Trinajstić information content (AvgIpc) is 2.83. The molecule has 3 rings (SSSR count). The van der Waals surface area contributed by atoms with E-state index >= 15 is 0 Å². The van der Waals surface area contributed by atoms with E-state index in [1.807, 2.05) is 6.07 Å². The predicted molar refractivity (Wildman–Crippen MR) is 67.7 cm³/mol. The summed E-state index contributed by atoms with van der Waals surface area (Å²) in [6, 6.07) is 6.02. The van der Waals surface area contributed by atoms with Gasteiger partial charge >= 0.3 is 0 Å². The molecule has 0 aromatic heterocycles. The Labute approximate surface area is 102 Å². The fourth-order valence-electron chi connectivity index (χ4n) is 3.41. The van der Waals surface area contributed by atoms with E-state index in [0.717, 1.165) is 13.0 Å². The number of aryl methyl sites for hydroxylation is 1. The third-order valence-electron chi connectivity index (χ3n) is 4.28. The van der Waals surface area contributed by atoms with Crippen molar-refractivity contribution >= 4 is 0 Å². The predicted octanol–water partition coefficient (Wildman–Crippen LogP) is 3.39. The Morgan fingerprint density at radius 1 is 1.24 bits per heavy atom. The van der Waals surface area contributed by atoms with Crippen LogP contribution in [-0.4, -0.2) is 12.6 Å². The summed E-state index contributed by atoms with van der Waals surface area (Å²) in [6.07, 6.45) is 7.40. The summed E-state index contributed by atoms with van der Waals surface area (Å²) in [5.41, 5.74) is 2.66. The van der Waals surface area contributed by atoms with Crippen LogP contribution in [0.2, 0.25) is 0 Å². The fraction of sp³-hybridized carbons (Fsp3) is 0.600. The zero-order valence-corrected chi connectivity index (χ0v) is 10.2. The van der Waals surface area contributed by atoms with Gasteiger partial charge in [0, 0.05) is 6.04 Å². The van der Waals surface area contributed by atoms with Crippen LogP contribution < -0.4 is 5.32 Å². The summed E-state index contributed by atoms with van der Waals surface area (Å²) in [5, 5.41) is 3.56. The summed E-state index contributed by atoms with van der Waals surface area (Å²) in [5.74, 6) is 0.500. The summed E-state index contributed by atoms with van der Waals surface area (Å²) in [4.78, 5) is 0. The molecule has 0 spiro atoms. The third-order valence-corrected chi connectivity index (χ3v) is 4.28. The van der Waals surface area contributed by atoms with Crippen LogP contribution >= 0.6 is 0 Å². The average molecular weight is 233 g/mol. The maximum atomic E-state index is 13.4. The summed E-state index contributed by atoms with van der Waals surface area (Å²) >= 11 is 0. The van der Waals surface area contributed by atoms with Crippen molar-refractivity contribution in [1.29, 1.82) is 0 Å². The largest absolute Gasteiger partial charge is 0.314 e. The third kappa shape index (κ3) is 2.37. The first kappa shape index (κ1) is 11.2. The van der Waals surface area contributed by atoms with Crippen LogP contribution in [-0.2, 0) is 6.42 Å². The summed E-state index contributed by atoms with van der Waals surface area (Å²) in [7, 11) is 0. The molecule has 2 unspecified atom stereocenters. The van der Waals surface area contributed by atoms with Crippen molar-refractivity contribution in [3.05, 3.63) is 35.1 Å². The zero-order valence-electron chi connectivity index (χ0n) is 10.2. The van der Waals surface area contributed by atoms with E-state index in [0.29, 0.717) is 12.0 Å². The second-order valence-corrected chi connectivity index (χ2v) is 5.46. The molecule has 1 N–H and O–H groups in total. The van der Waals surface area contributed by atoms with Crippen molar-refractivity contribution in [1.82, 2.24) is 5.32 Å². The van der Waals surface area contributed by atoms with Crippen LogP contribution in [0.1, 0.15) is 49.1 Å². The Balaban J connectivity index is 1.80. The van der Waals surface area contributed by atoms with E-state index in [9.17, 15) is 4.39 Å². The normalized spacial score (nSPS) is 28.1. The molecule has 92 valence electrons. The minimum atomic E-state index is -0.0740. The Morgan fingerprint density at radius 3 is 3.00 bits per heavy atom. The summed E-state index contributed by atoms with van der Waals surface area (Å²) in [6.45, 7) is 1.16. The highest BCUT2D eigenvalue weighted by Crippen LogP contribution is 2.36. The SMILES string of the molecule is Fc1ccc2c(c1)C(CC1CCCN1)CCC2. The number of fused-ring (bicyclic) bond motifs is 1. The molecule has 1 heterocycles. The second kappa shape index (κ2) is 4.77. The van der Waals surface area contributed by atoms with Crippen molar-refractivity contribution in [2.45, 2.75) is 50.5 Å². The van der Waals surface area contributed by atoms with Gasteiger partial charge in [0.25, 0.3) is 0 Å². The molecule has 1 saturated heterocycles. The number of nitrogens with one attached hydrogen (secondary N) is 1. The lowest BCUT2D eigenvalue weighted by Crippen LogP contribution is -2.25. The van der Waals surface area contributed by atoms with Gasteiger partial charge in [-0.2, -0.15) is 0 Å². The van der Waals surface area contributed by atoms with E-state index < -0.39 is 0 Å². The molecule has 0 bridgehead atoms. The first-order valence-electron chi connectivity index (χ1n) is 6.84. The van der Waals surface area contributed by atoms with Gasteiger partial charge in [-0.25, -0.2) is 4.39 Å². The van der Waals surface area contributed by atoms with Crippen molar-refractivity contribution in [3.8, 4) is 0 Å². The molecule has 2 atom stereocenters. The van der Waals surface area contributed by atoms with Crippen molar-refractivity contribution in [2.24, 2.45) is 0 Å². The molecule has 2 aliphatic rings. The van der Waals surface area contributed by atoms with E-state index in [1.165, 1.54) is 43.2 Å².